The van der Waals surface area contributed by atoms with Crippen LogP contribution < -0.4 is 0 Å². The quantitative estimate of drug-likeness (QED) is 0.798. The van der Waals surface area contributed by atoms with Gasteiger partial charge in [0.15, 0.2) is 0 Å². The number of aryl methyl sites for hydroxylation is 2. The average molecular weight is 224 g/mol. The van der Waals surface area contributed by atoms with Crippen molar-refractivity contribution in [3.05, 3.63) is 29.3 Å². The van der Waals surface area contributed by atoms with Crippen LogP contribution in [0, 0.1) is 19.8 Å². The highest BCUT2D eigenvalue weighted by atomic mass is 32.2. The second-order valence-corrected chi connectivity index (χ2v) is 4.89. The first-order chi connectivity index (χ1) is 7.00. The summed E-state index contributed by atoms with van der Waals surface area (Å²) in [6.45, 7) is 5.88. The van der Waals surface area contributed by atoms with Crippen molar-refractivity contribution in [1.82, 2.24) is 0 Å². The van der Waals surface area contributed by atoms with Gasteiger partial charge < -0.3 is 5.11 Å². The lowest BCUT2D eigenvalue weighted by atomic mass is 10.1. The highest BCUT2D eigenvalue weighted by molar-refractivity contribution is 7.99. The molecule has 1 rings (SSSR count). The van der Waals surface area contributed by atoms with Crippen molar-refractivity contribution in [2.75, 3.05) is 5.75 Å². The molecule has 3 heteroatoms. The van der Waals surface area contributed by atoms with E-state index in [1.54, 1.807) is 18.7 Å². The van der Waals surface area contributed by atoms with Gasteiger partial charge in [-0.1, -0.05) is 13.0 Å². The number of benzene rings is 1. The van der Waals surface area contributed by atoms with Crippen LogP contribution in [0.5, 0.6) is 0 Å². The van der Waals surface area contributed by atoms with E-state index in [4.69, 9.17) is 5.11 Å². The van der Waals surface area contributed by atoms with E-state index in [0.717, 1.165) is 4.90 Å². The lowest BCUT2D eigenvalue weighted by molar-refractivity contribution is -0.140. The molecule has 1 N–H and O–H groups in total. The summed E-state index contributed by atoms with van der Waals surface area (Å²) in [5.41, 5.74) is 2.52. The Bertz CT molecular complexity index is 361. The van der Waals surface area contributed by atoms with Crippen LogP contribution in [0.2, 0.25) is 0 Å². The summed E-state index contributed by atoms with van der Waals surface area (Å²) in [4.78, 5) is 11.8. The smallest absolute Gasteiger partial charge is 0.307 e. The number of rotatable bonds is 4. The zero-order chi connectivity index (χ0) is 11.4. The summed E-state index contributed by atoms with van der Waals surface area (Å²) in [6, 6.07) is 6.22. The van der Waals surface area contributed by atoms with E-state index in [1.807, 2.05) is 6.07 Å². The number of carbonyl (C=O) groups is 1. The van der Waals surface area contributed by atoms with E-state index in [-0.39, 0.29) is 5.92 Å². The molecule has 0 aliphatic rings. The number of thioether (sulfide) groups is 1. The lowest BCUT2D eigenvalue weighted by Gasteiger charge is -2.07. The van der Waals surface area contributed by atoms with Gasteiger partial charge in [0.25, 0.3) is 0 Å². The van der Waals surface area contributed by atoms with E-state index in [9.17, 15) is 4.79 Å². The van der Waals surface area contributed by atoms with Crippen LogP contribution in [-0.4, -0.2) is 16.8 Å². The van der Waals surface area contributed by atoms with E-state index in [0.29, 0.717) is 5.75 Å². The second-order valence-electron chi connectivity index (χ2n) is 3.80. The molecular formula is C12H16O2S. The monoisotopic (exact) mass is 224 g/mol. The van der Waals surface area contributed by atoms with Crippen LogP contribution in [0.4, 0.5) is 0 Å². The summed E-state index contributed by atoms with van der Waals surface area (Å²) >= 11 is 1.60. The van der Waals surface area contributed by atoms with E-state index in [2.05, 4.69) is 26.0 Å². The molecule has 0 aliphatic carbocycles. The highest BCUT2D eigenvalue weighted by Crippen LogP contribution is 2.23. The molecule has 82 valence electrons. The molecule has 0 aliphatic heterocycles. The SMILES string of the molecule is Cc1ccc(SCC(C)C(=O)O)cc1C. The lowest BCUT2D eigenvalue weighted by Crippen LogP contribution is -2.11. The van der Waals surface area contributed by atoms with Crippen molar-refractivity contribution in [2.45, 2.75) is 25.7 Å². The Morgan fingerprint density at radius 3 is 2.60 bits per heavy atom. The standard InChI is InChI=1S/C12H16O2S/c1-8-4-5-11(6-9(8)2)15-7-10(3)12(13)14/h4-6,10H,7H2,1-3H3,(H,13,14). The van der Waals surface area contributed by atoms with Gasteiger partial charge in [0, 0.05) is 10.6 Å². The zero-order valence-electron chi connectivity index (χ0n) is 9.28. The maximum atomic E-state index is 10.6. The van der Waals surface area contributed by atoms with Crippen LogP contribution in [0.3, 0.4) is 0 Å². The summed E-state index contributed by atoms with van der Waals surface area (Å²) in [7, 11) is 0. The van der Waals surface area contributed by atoms with Crippen molar-refractivity contribution in [2.24, 2.45) is 5.92 Å². The summed E-state index contributed by atoms with van der Waals surface area (Å²) in [5, 5.41) is 8.75. The minimum Gasteiger partial charge on any atom is -0.481 e. The number of carboxylic acids is 1. The Balaban J connectivity index is 2.58. The van der Waals surface area contributed by atoms with Crippen molar-refractivity contribution < 1.29 is 9.90 Å². The van der Waals surface area contributed by atoms with Crippen LogP contribution >= 0.6 is 11.8 Å². The Hall–Kier alpha value is -0.960. The molecular weight excluding hydrogens is 208 g/mol. The first-order valence-corrected chi connectivity index (χ1v) is 5.92. The molecule has 0 amide bonds. The minimum absolute atomic E-state index is 0.295. The van der Waals surface area contributed by atoms with Gasteiger partial charge >= 0.3 is 5.97 Å². The van der Waals surface area contributed by atoms with Gasteiger partial charge in [0.1, 0.15) is 0 Å². The second kappa shape index (κ2) is 5.21. The van der Waals surface area contributed by atoms with Crippen LogP contribution in [0.25, 0.3) is 0 Å². The van der Waals surface area contributed by atoms with Gasteiger partial charge in [-0.25, -0.2) is 0 Å². The fraction of sp³-hybridized carbons (Fsp3) is 0.417. The first-order valence-electron chi connectivity index (χ1n) is 4.93. The molecule has 2 nitrogen and oxygen atoms in total. The molecule has 1 atom stereocenters. The Morgan fingerprint density at radius 2 is 2.07 bits per heavy atom. The third-order valence-corrected chi connectivity index (χ3v) is 3.65. The van der Waals surface area contributed by atoms with E-state index in [1.165, 1.54) is 11.1 Å². The Labute approximate surface area is 94.7 Å². The maximum Gasteiger partial charge on any atom is 0.307 e. The van der Waals surface area contributed by atoms with E-state index >= 15 is 0 Å². The number of carboxylic acid groups (broad SMARTS) is 1. The predicted molar refractivity (Wildman–Crippen MR) is 63.4 cm³/mol. The molecule has 0 saturated carbocycles. The molecule has 0 saturated heterocycles. The molecule has 0 spiro atoms. The van der Waals surface area contributed by atoms with Crippen molar-refractivity contribution in [1.29, 1.82) is 0 Å². The fourth-order valence-electron chi connectivity index (χ4n) is 1.10. The molecule has 0 radical (unpaired) electrons. The Morgan fingerprint density at radius 1 is 1.40 bits per heavy atom. The van der Waals surface area contributed by atoms with Crippen molar-refractivity contribution in [3.63, 3.8) is 0 Å². The fourth-order valence-corrected chi connectivity index (χ4v) is 2.11. The highest BCUT2D eigenvalue weighted by Gasteiger charge is 2.10. The molecule has 0 fully saturated rings. The van der Waals surface area contributed by atoms with E-state index < -0.39 is 5.97 Å². The normalized spacial score (nSPS) is 12.5. The third-order valence-electron chi connectivity index (χ3n) is 2.40. The summed E-state index contributed by atoms with van der Waals surface area (Å²) in [6.07, 6.45) is 0. The van der Waals surface area contributed by atoms with Crippen LogP contribution in [-0.2, 0) is 4.79 Å². The topological polar surface area (TPSA) is 37.3 Å². The number of hydrogen-bond acceptors (Lipinski definition) is 2. The van der Waals surface area contributed by atoms with Gasteiger partial charge in [-0.3, -0.25) is 4.79 Å². The maximum absolute atomic E-state index is 10.6. The van der Waals surface area contributed by atoms with Gasteiger partial charge in [0.2, 0.25) is 0 Å². The number of hydrogen-bond donors (Lipinski definition) is 1. The molecule has 1 unspecified atom stereocenters. The molecule has 1 aromatic rings. The van der Waals surface area contributed by atoms with Gasteiger partial charge in [0.05, 0.1) is 5.92 Å². The molecule has 0 aromatic heterocycles. The first kappa shape index (κ1) is 12.1. The summed E-state index contributed by atoms with van der Waals surface area (Å²) < 4.78 is 0. The van der Waals surface area contributed by atoms with Gasteiger partial charge in [-0.2, -0.15) is 0 Å². The average Bonchev–Trinajstić information content (AvgIpc) is 2.19. The predicted octanol–water partition coefficient (Wildman–Crippen LogP) is 3.12. The van der Waals surface area contributed by atoms with Crippen LogP contribution in [0.1, 0.15) is 18.1 Å². The Kier molecular flexibility index (Phi) is 4.21. The molecule has 0 bridgehead atoms. The van der Waals surface area contributed by atoms with Crippen LogP contribution in [0.15, 0.2) is 23.1 Å². The largest absolute Gasteiger partial charge is 0.481 e. The molecule has 1 aromatic carbocycles. The van der Waals surface area contributed by atoms with Gasteiger partial charge in [-0.05, 0) is 37.1 Å². The summed E-state index contributed by atoms with van der Waals surface area (Å²) in [5.74, 6) is -0.402. The molecule has 0 heterocycles. The number of aliphatic carboxylic acids is 1. The molecule has 15 heavy (non-hydrogen) atoms. The van der Waals surface area contributed by atoms with Crippen molar-refractivity contribution >= 4 is 17.7 Å². The minimum atomic E-state index is -0.730. The zero-order valence-corrected chi connectivity index (χ0v) is 10.1. The third kappa shape index (κ3) is 3.59. The van der Waals surface area contributed by atoms with Crippen molar-refractivity contribution in [3.8, 4) is 0 Å². The van der Waals surface area contributed by atoms with Gasteiger partial charge in [-0.15, -0.1) is 11.8 Å².